The normalized spacial score (nSPS) is 9.80. The Morgan fingerprint density at radius 1 is 1.20 bits per heavy atom. The first-order valence-corrected chi connectivity index (χ1v) is 4.39. The third kappa shape index (κ3) is 1.42. The summed E-state index contributed by atoms with van der Waals surface area (Å²) < 4.78 is 0. The molecule has 1 N–H and O–H groups in total. The molecule has 0 amide bonds. The largest absolute Gasteiger partial charge is 0.478 e. The van der Waals surface area contributed by atoms with Crippen LogP contribution in [-0.2, 0) is 0 Å². The van der Waals surface area contributed by atoms with E-state index in [1.54, 1.807) is 18.2 Å². The van der Waals surface area contributed by atoms with Crippen molar-refractivity contribution in [2.75, 3.05) is 0 Å². The number of fused-ring (bicyclic) bond motifs is 1. The third-order valence-corrected chi connectivity index (χ3v) is 2.27. The molecule has 2 aromatic carbocycles. The van der Waals surface area contributed by atoms with Gasteiger partial charge in [-0.2, -0.15) is 5.26 Å². The van der Waals surface area contributed by atoms with Gasteiger partial charge in [-0.25, -0.2) is 4.79 Å². The van der Waals surface area contributed by atoms with Crippen molar-refractivity contribution in [3.05, 3.63) is 47.5 Å². The van der Waals surface area contributed by atoms with Crippen molar-refractivity contribution in [1.82, 2.24) is 0 Å². The van der Waals surface area contributed by atoms with Crippen LogP contribution in [0.5, 0.6) is 0 Å². The number of rotatable bonds is 1. The topological polar surface area (TPSA) is 61.1 Å². The lowest BCUT2D eigenvalue weighted by atomic mass is 10.00. The maximum atomic E-state index is 10.9. The van der Waals surface area contributed by atoms with E-state index in [4.69, 9.17) is 10.4 Å². The van der Waals surface area contributed by atoms with Gasteiger partial charge in [0.1, 0.15) is 6.07 Å². The lowest BCUT2D eigenvalue weighted by Crippen LogP contribution is -2.00. The van der Waals surface area contributed by atoms with Crippen LogP contribution in [0, 0.1) is 11.3 Å². The van der Waals surface area contributed by atoms with Gasteiger partial charge in [0.25, 0.3) is 0 Å². The molecule has 0 aliphatic rings. The molecule has 2 rings (SSSR count). The van der Waals surface area contributed by atoms with E-state index in [2.05, 4.69) is 0 Å². The number of nitriles is 1. The van der Waals surface area contributed by atoms with Gasteiger partial charge in [0.05, 0.1) is 11.1 Å². The summed E-state index contributed by atoms with van der Waals surface area (Å²) in [7, 11) is 0. The molecule has 0 saturated heterocycles. The van der Waals surface area contributed by atoms with Gasteiger partial charge in [0, 0.05) is 5.39 Å². The molecule has 0 saturated carbocycles. The van der Waals surface area contributed by atoms with Crippen LogP contribution in [0.25, 0.3) is 10.8 Å². The van der Waals surface area contributed by atoms with E-state index in [0.717, 1.165) is 5.39 Å². The van der Waals surface area contributed by atoms with Crippen molar-refractivity contribution < 1.29 is 9.90 Å². The predicted molar refractivity (Wildman–Crippen MR) is 55.6 cm³/mol. The first kappa shape index (κ1) is 9.22. The van der Waals surface area contributed by atoms with Gasteiger partial charge in [-0.15, -0.1) is 0 Å². The summed E-state index contributed by atoms with van der Waals surface area (Å²) in [6.07, 6.45) is 0. The lowest BCUT2D eigenvalue weighted by Gasteiger charge is -2.02. The van der Waals surface area contributed by atoms with Gasteiger partial charge < -0.3 is 5.11 Å². The molecule has 0 unspecified atom stereocenters. The Balaban J connectivity index is 2.89. The molecule has 0 aromatic heterocycles. The first-order chi connectivity index (χ1) is 7.24. The summed E-state index contributed by atoms with van der Waals surface area (Å²) in [4.78, 5) is 10.9. The van der Waals surface area contributed by atoms with Crippen molar-refractivity contribution in [3.8, 4) is 6.07 Å². The molecule has 3 heteroatoms. The molecule has 0 spiro atoms. The van der Waals surface area contributed by atoms with Crippen LogP contribution >= 0.6 is 0 Å². The Kier molecular flexibility index (Phi) is 2.11. The highest BCUT2D eigenvalue weighted by atomic mass is 16.4. The standard InChI is InChI=1S/C12H7NO2/c13-7-11-9-4-2-1-3-8(9)5-6-10(11)12(14)15/h1-6H,(H,14,15). The highest BCUT2D eigenvalue weighted by Gasteiger charge is 2.12. The Bertz CT molecular complexity index is 582. The Hall–Kier alpha value is -2.34. The molecule has 15 heavy (non-hydrogen) atoms. The van der Waals surface area contributed by atoms with Crippen LogP contribution < -0.4 is 0 Å². The monoisotopic (exact) mass is 197 g/mol. The highest BCUT2D eigenvalue weighted by molar-refractivity contribution is 5.99. The maximum absolute atomic E-state index is 10.9. The summed E-state index contributed by atoms with van der Waals surface area (Å²) >= 11 is 0. The zero-order valence-electron chi connectivity index (χ0n) is 7.77. The minimum atomic E-state index is -1.07. The molecule has 0 fully saturated rings. The SMILES string of the molecule is N#Cc1c(C(=O)O)ccc2ccccc12. The highest BCUT2D eigenvalue weighted by Crippen LogP contribution is 2.21. The van der Waals surface area contributed by atoms with Crippen LogP contribution in [0.15, 0.2) is 36.4 Å². The molecule has 2 aromatic rings. The first-order valence-electron chi connectivity index (χ1n) is 4.39. The number of aromatic carboxylic acids is 1. The average Bonchev–Trinajstić information content (AvgIpc) is 2.27. The Morgan fingerprint density at radius 3 is 2.60 bits per heavy atom. The number of carboxylic acid groups (broad SMARTS) is 1. The molecule has 0 bridgehead atoms. The summed E-state index contributed by atoms with van der Waals surface area (Å²) in [5, 5.41) is 19.4. The van der Waals surface area contributed by atoms with E-state index in [-0.39, 0.29) is 11.1 Å². The zero-order chi connectivity index (χ0) is 10.8. The Morgan fingerprint density at radius 2 is 1.93 bits per heavy atom. The molecule has 0 atom stereocenters. The second-order valence-corrected chi connectivity index (χ2v) is 3.13. The minimum Gasteiger partial charge on any atom is -0.478 e. The van der Waals surface area contributed by atoms with Crippen LogP contribution in [0.1, 0.15) is 15.9 Å². The minimum absolute atomic E-state index is 0.0520. The van der Waals surface area contributed by atoms with Gasteiger partial charge in [-0.05, 0) is 11.5 Å². The van der Waals surface area contributed by atoms with E-state index in [9.17, 15) is 4.79 Å². The second kappa shape index (κ2) is 3.43. The predicted octanol–water partition coefficient (Wildman–Crippen LogP) is 2.41. The van der Waals surface area contributed by atoms with E-state index in [0.29, 0.717) is 5.39 Å². The fourth-order valence-corrected chi connectivity index (χ4v) is 1.57. The number of carbonyl (C=O) groups is 1. The average molecular weight is 197 g/mol. The number of hydrogen-bond donors (Lipinski definition) is 1. The molecule has 3 nitrogen and oxygen atoms in total. The summed E-state index contributed by atoms with van der Waals surface area (Å²) in [5.41, 5.74) is 0.275. The van der Waals surface area contributed by atoms with Crippen molar-refractivity contribution >= 4 is 16.7 Å². The number of carboxylic acids is 1. The molecular formula is C12H7NO2. The quantitative estimate of drug-likeness (QED) is 0.763. The molecular weight excluding hydrogens is 190 g/mol. The fraction of sp³-hybridized carbons (Fsp3) is 0. The summed E-state index contributed by atoms with van der Waals surface area (Å²) in [5.74, 6) is -1.07. The van der Waals surface area contributed by atoms with Crippen molar-refractivity contribution in [1.29, 1.82) is 5.26 Å². The van der Waals surface area contributed by atoms with Crippen LogP contribution in [-0.4, -0.2) is 11.1 Å². The van der Waals surface area contributed by atoms with E-state index < -0.39 is 5.97 Å². The van der Waals surface area contributed by atoms with Crippen LogP contribution in [0.2, 0.25) is 0 Å². The van der Waals surface area contributed by atoms with E-state index in [1.807, 2.05) is 18.2 Å². The van der Waals surface area contributed by atoms with Gasteiger partial charge in [-0.1, -0.05) is 30.3 Å². The molecule has 0 heterocycles. The second-order valence-electron chi connectivity index (χ2n) is 3.13. The molecule has 0 aliphatic heterocycles. The number of hydrogen-bond acceptors (Lipinski definition) is 2. The lowest BCUT2D eigenvalue weighted by molar-refractivity contribution is 0.0697. The van der Waals surface area contributed by atoms with E-state index in [1.165, 1.54) is 6.07 Å². The third-order valence-electron chi connectivity index (χ3n) is 2.27. The zero-order valence-corrected chi connectivity index (χ0v) is 7.77. The maximum Gasteiger partial charge on any atom is 0.337 e. The number of nitrogens with zero attached hydrogens (tertiary/aromatic N) is 1. The van der Waals surface area contributed by atoms with Gasteiger partial charge in [-0.3, -0.25) is 0 Å². The van der Waals surface area contributed by atoms with Crippen LogP contribution in [0.3, 0.4) is 0 Å². The Labute approximate surface area is 86.2 Å². The summed E-state index contributed by atoms with van der Waals surface area (Å²) in [6.45, 7) is 0. The molecule has 0 radical (unpaired) electrons. The van der Waals surface area contributed by atoms with Gasteiger partial charge >= 0.3 is 5.97 Å². The van der Waals surface area contributed by atoms with Crippen molar-refractivity contribution in [2.45, 2.75) is 0 Å². The molecule has 72 valence electrons. The smallest absolute Gasteiger partial charge is 0.337 e. The van der Waals surface area contributed by atoms with Crippen molar-refractivity contribution in [3.63, 3.8) is 0 Å². The van der Waals surface area contributed by atoms with E-state index >= 15 is 0 Å². The van der Waals surface area contributed by atoms with Crippen molar-refractivity contribution in [2.24, 2.45) is 0 Å². The molecule has 0 aliphatic carbocycles. The van der Waals surface area contributed by atoms with Gasteiger partial charge in [0.15, 0.2) is 0 Å². The summed E-state index contributed by atoms with van der Waals surface area (Å²) in [6, 6.07) is 12.3. The number of benzene rings is 2. The fourth-order valence-electron chi connectivity index (χ4n) is 1.57. The van der Waals surface area contributed by atoms with Crippen LogP contribution in [0.4, 0.5) is 0 Å². The van der Waals surface area contributed by atoms with Gasteiger partial charge in [0.2, 0.25) is 0 Å².